The van der Waals surface area contributed by atoms with Crippen LogP contribution in [0.3, 0.4) is 0 Å². The predicted octanol–water partition coefficient (Wildman–Crippen LogP) is 2.49. The Bertz CT molecular complexity index is 495. The normalized spacial score (nSPS) is 15.3. The van der Waals surface area contributed by atoms with Crippen molar-refractivity contribution < 1.29 is 9.84 Å². The number of halogens is 1. The maximum atomic E-state index is 10.6. The van der Waals surface area contributed by atoms with E-state index < -0.39 is 5.60 Å². The number of nitrogens with one attached hydrogen (secondary N) is 2. The van der Waals surface area contributed by atoms with Crippen LogP contribution in [0.1, 0.15) is 32.8 Å². The molecule has 0 radical (unpaired) electrons. The SMILES string of the molecule is CCNC(=NCC(C)(O)c1ccsc1)NCC(CCN(C)C)OCC.I. The van der Waals surface area contributed by atoms with Crippen LogP contribution in [0.15, 0.2) is 21.8 Å². The Morgan fingerprint density at radius 1 is 1.38 bits per heavy atom. The molecule has 1 aromatic rings. The number of thiophene rings is 1. The highest BCUT2D eigenvalue weighted by molar-refractivity contribution is 14.0. The molecule has 0 aliphatic rings. The van der Waals surface area contributed by atoms with Crippen molar-refractivity contribution in [2.45, 2.75) is 38.9 Å². The molecule has 152 valence electrons. The smallest absolute Gasteiger partial charge is 0.191 e. The van der Waals surface area contributed by atoms with Crippen molar-refractivity contribution in [3.8, 4) is 0 Å². The van der Waals surface area contributed by atoms with Crippen LogP contribution in [0, 0.1) is 0 Å². The first-order chi connectivity index (χ1) is 11.9. The standard InChI is InChI=1S/C18H34N4O2S.HI/c1-6-19-17(20-12-16(24-7-2)8-10-22(4)5)21-14-18(3,23)15-9-11-25-13-15;/h9,11,13,16,23H,6-8,10,12,14H2,1-5H3,(H2,19,20,21);1H. The Hall–Kier alpha value is -0.420. The Kier molecular flexibility index (Phi) is 13.5. The molecule has 1 rings (SSSR count). The van der Waals surface area contributed by atoms with Gasteiger partial charge in [0.15, 0.2) is 5.96 Å². The summed E-state index contributed by atoms with van der Waals surface area (Å²) in [7, 11) is 4.13. The lowest BCUT2D eigenvalue weighted by Crippen LogP contribution is -2.43. The monoisotopic (exact) mass is 498 g/mol. The highest BCUT2D eigenvalue weighted by atomic mass is 127. The fourth-order valence-electron chi connectivity index (χ4n) is 2.33. The van der Waals surface area contributed by atoms with Crippen molar-refractivity contribution >= 4 is 41.3 Å². The zero-order valence-electron chi connectivity index (χ0n) is 16.6. The van der Waals surface area contributed by atoms with E-state index in [9.17, 15) is 5.11 Å². The Morgan fingerprint density at radius 3 is 2.65 bits per heavy atom. The molecule has 1 heterocycles. The summed E-state index contributed by atoms with van der Waals surface area (Å²) in [4.78, 5) is 6.71. The van der Waals surface area contributed by atoms with Crippen LogP contribution in [0.2, 0.25) is 0 Å². The average Bonchev–Trinajstić information content (AvgIpc) is 3.10. The van der Waals surface area contributed by atoms with E-state index in [0.29, 0.717) is 25.7 Å². The van der Waals surface area contributed by atoms with Gasteiger partial charge in [-0.05, 0) is 63.7 Å². The number of hydrogen-bond donors (Lipinski definition) is 3. The van der Waals surface area contributed by atoms with E-state index in [-0.39, 0.29) is 30.1 Å². The lowest BCUT2D eigenvalue weighted by atomic mass is 10.00. The first kappa shape index (κ1) is 25.6. The van der Waals surface area contributed by atoms with E-state index in [1.807, 2.05) is 30.7 Å². The van der Waals surface area contributed by atoms with Crippen LogP contribution in [-0.2, 0) is 10.3 Å². The number of aliphatic imine (C=N–C) groups is 1. The van der Waals surface area contributed by atoms with E-state index in [1.54, 1.807) is 18.3 Å². The number of ether oxygens (including phenoxy) is 1. The van der Waals surface area contributed by atoms with Crippen molar-refractivity contribution in [1.29, 1.82) is 0 Å². The van der Waals surface area contributed by atoms with Crippen LogP contribution in [0.4, 0.5) is 0 Å². The third-order valence-electron chi connectivity index (χ3n) is 3.83. The summed E-state index contributed by atoms with van der Waals surface area (Å²) in [5.41, 5.74) is -0.0673. The molecule has 0 aliphatic heterocycles. The van der Waals surface area contributed by atoms with Crippen LogP contribution >= 0.6 is 35.3 Å². The molecule has 0 aromatic carbocycles. The third-order valence-corrected chi connectivity index (χ3v) is 4.51. The summed E-state index contributed by atoms with van der Waals surface area (Å²) in [5.74, 6) is 0.701. The van der Waals surface area contributed by atoms with Crippen molar-refractivity contribution in [2.75, 3.05) is 46.9 Å². The molecule has 0 aliphatic carbocycles. The number of rotatable bonds is 11. The first-order valence-corrected chi connectivity index (χ1v) is 9.86. The summed E-state index contributed by atoms with van der Waals surface area (Å²) in [5, 5.41) is 21.1. The molecule has 0 saturated carbocycles. The molecule has 0 spiro atoms. The molecule has 0 bridgehead atoms. The average molecular weight is 498 g/mol. The van der Waals surface area contributed by atoms with E-state index >= 15 is 0 Å². The molecule has 6 nitrogen and oxygen atoms in total. The van der Waals surface area contributed by atoms with Crippen molar-refractivity contribution in [2.24, 2.45) is 4.99 Å². The van der Waals surface area contributed by atoms with Crippen LogP contribution in [0.5, 0.6) is 0 Å². The van der Waals surface area contributed by atoms with Gasteiger partial charge in [0.1, 0.15) is 5.60 Å². The van der Waals surface area contributed by atoms with Gasteiger partial charge in [-0.1, -0.05) is 0 Å². The van der Waals surface area contributed by atoms with Gasteiger partial charge in [0.2, 0.25) is 0 Å². The second-order valence-corrected chi connectivity index (χ2v) is 7.31. The zero-order valence-corrected chi connectivity index (χ0v) is 19.8. The fourth-order valence-corrected chi connectivity index (χ4v) is 3.11. The summed E-state index contributed by atoms with van der Waals surface area (Å²) >= 11 is 1.58. The van der Waals surface area contributed by atoms with E-state index in [4.69, 9.17) is 4.74 Å². The van der Waals surface area contributed by atoms with E-state index in [1.165, 1.54) is 0 Å². The quantitative estimate of drug-likeness (QED) is 0.249. The topological polar surface area (TPSA) is 69.1 Å². The van der Waals surface area contributed by atoms with Crippen LogP contribution < -0.4 is 10.6 Å². The molecule has 0 saturated heterocycles. The molecule has 3 N–H and O–H groups in total. The fraction of sp³-hybridized carbons (Fsp3) is 0.722. The highest BCUT2D eigenvalue weighted by Crippen LogP contribution is 2.23. The van der Waals surface area contributed by atoms with Crippen molar-refractivity contribution in [3.05, 3.63) is 22.4 Å². The minimum absolute atomic E-state index is 0. The van der Waals surface area contributed by atoms with E-state index in [2.05, 4.69) is 34.6 Å². The molecule has 0 fully saturated rings. The summed E-state index contributed by atoms with van der Waals surface area (Å²) in [6.45, 7) is 9.27. The molecular weight excluding hydrogens is 463 g/mol. The van der Waals surface area contributed by atoms with E-state index in [0.717, 1.165) is 25.1 Å². The Balaban J connectivity index is 0.00000625. The summed E-state index contributed by atoms with van der Waals surface area (Å²) in [6, 6.07) is 1.94. The molecule has 8 heteroatoms. The Labute approximate surface area is 179 Å². The lowest BCUT2D eigenvalue weighted by Gasteiger charge is -2.23. The van der Waals surface area contributed by atoms with Gasteiger partial charge < -0.3 is 25.4 Å². The van der Waals surface area contributed by atoms with Gasteiger partial charge in [0.05, 0.1) is 12.6 Å². The van der Waals surface area contributed by atoms with Gasteiger partial charge in [-0.2, -0.15) is 11.3 Å². The molecule has 0 amide bonds. The Morgan fingerprint density at radius 2 is 2.12 bits per heavy atom. The molecule has 1 aromatic heterocycles. The van der Waals surface area contributed by atoms with Crippen LogP contribution in [0.25, 0.3) is 0 Å². The summed E-state index contributed by atoms with van der Waals surface area (Å²) < 4.78 is 5.81. The van der Waals surface area contributed by atoms with Gasteiger partial charge in [-0.25, -0.2) is 4.99 Å². The highest BCUT2D eigenvalue weighted by Gasteiger charge is 2.23. The minimum Gasteiger partial charge on any atom is -0.383 e. The second kappa shape index (κ2) is 13.7. The lowest BCUT2D eigenvalue weighted by molar-refractivity contribution is 0.0546. The number of aliphatic hydroxyl groups is 1. The van der Waals surface area contributed by atoms with Crippen molar-refractivity contribution in [3.63, 3.8) is 0 Å². The molecule has 2 unspecified atom stereocenters. The van der Waals surface area contributed by atoms with Gasteiger partial charge in [0, 0.05) is 26.2 Å². The van der Waals surface area contributed by atoms with Crippen molar-refractivity contribution in [1.82, 2.24) is 15.5 Å². The third kappa shape index (κ3) is 10.1. The number of hydrogen-bond acceptors (Lipinski definition) is 5. The van der Waals surface area contributed by atoms with Gasteiger partial charge in [0.25, 0.3) is 0 Å². The second-order valence-electron chi connectivity index (χ2n) is 6.53. The molecular formula is C18H35IN4O2S. The first-order valence-electron chi connectivity index (χ1n) is 8.92. The summed E-state index contributed by atoms with van der Waals surface area (Å²) in [6.07, 6.45) is 1.09. The largest absolute Gasteiger partial charge is 0.383 e. The minimum atomic E-state index is -0.966. The van der Waals surface area contributed by atoms with Gasteiger partial charge >= 0.3 is 0 Å². The van der Waals surface area contributed by atoms with Gasteiger partial charge in [-0.15, -0.1) is 24.0 Å². The zero-order chi connectivity index (χ0) is 18.7. The maximum Gasteiger partial charge on any atom is 0.191 e. The molecule has 2 atom stereocenters. The maximum absolute atomic E-state index is 10.6. The predicted molar refractivity (Wildman–Crippen MR) is 122 cm³/mol. The molecule has 26 heavy (non-hydrogen) atoms. The van der Waals surface area contributed by atoms with Gasteiger partial charge in [-0.3, -0.25) is 0 Å². The number of nitrogens with zero attached hydrogens (tertiary/aromatic N) is 2. The van der Waals surface area contributed by atoms with Crippen LogP contribution in [-0.4, -0.2) is 69.0 Å². The number of guanidine groups is 1.